The molecule has 1 N–H and O–H groups in total. The maximum Gasteiger partial charge on any atom is 0.337 e. The molecule has 0 radical (unpaired) electrons. The second kappa shape index (κ2) is 4.31. The van der Waals surface area contributed by atoms with Gasteiger partial charge in [0.25, 0.3) is 0 Å². The number of carboxylic acids is 1. The first-order valence-electron chi connectivity index (χ1n) is 4.85. The van der Waals surface area contributed by atoms with Gasteiger partial charge in [-0.15, -0.1) is 0 Å². The average molecular weight is 277 g/mol. The van der Waals surface area contributed by atoms with E-state index in [0.717, 1.165) is 0 Å². The number of hydrogen-bond donors (Lipinski definition) is 1. The zero-order valence-corrected chi connectivity index (χ0v) is 11.3. The number of rotatable bonds is 2. The molecule has 1 aromatic rings. The van der Waals surface area contributed by atoms with Crippen LogP contribution < -0.4 is 0 Å². The van der Waals surface area contributed by atoms with E-state index in [1.54, 1.807) is 20.8 Å². The predicted molar refractivity (Wildman–Crippen MR) is 65.4 cm³/mol. The topological polar surface area (TPSA) is 71.4 Å². The Bertz CT molecular complexity index is 555. The van der Waals surface area contributed by atoms with Gasteiger partial charge in [0.15, 0.2) is 9.84 Å². The van der Waals surface area contributed by atoms with Crippen LogP contribution in [0.3, 0.4) is 0 Å². The highest BCUT2D eigenvalue weighted by molar-refractivity contribution is 7.92. The maximum absolute atomic E-state index is 12.1. The number of aromatic carboxylic acids is 1. The van der Waals surface area contributed by atoms with E-state index in [9.17, 15) is 13.2 Å². The molecule has 0 atom stereocenters. The summed E-state index contributed by atoms with van der Waals surface area (Å²) in [6, 6.07) is 3.63. The van der Waals surface area contributed by atoms with Crippen molar-refractivity contribution in [1.29, 1.82) is 0 Å². The molecule has 1 rings (SSSR count). The lowest BCUT2D eigenvalue weighted by Crippen LogP contribution is -2.28. The fraction of sp³-hybridized carbons (Fsp3) is 0.364. The van der Waals surface area contributed by atoms with Crippen LogP contribution in [-0.4, -0.2) is 24.2 Å². The van der Waals surface area contributed by atoms with E-state index in [0.29, 0.717) is 0 Å². The molecule has 0 aliphatic carbocycles. The summed E-state index contributed by atoms with van der Waals surface area (Å²) in [6.45, 7) is 4.71. The Labute approximate surface area is 105 Å². The number of carbonyl (C=O) groups is 1. The summed E-state index contributed by atoms with van der Waals surface area (Å²) in [7, 11) is -3.52. The van der Waals surface area contributed by atoms with E-state index in [1.165, 1.54) is 18.2 Å². The van der Waals surface area contributed by atoms with Crippen LogP contribution in [0.25, 0.3) is 0 Å². The van der Waals surface area contributed by atoms with Crippen LogP contribution in [0.2, 0.25) is 5.02 Å². The molecular formula is C11H13ClO4S. The summed E-state index contributed by atoms with van der Waals surface area (Å²) in [4.78, 5) is 10.8. The molecule has 0 heterocycles. The van der Waals surface area contributed by atoms with Crippen LogP contribution in [0.15, 0.2) is 23.1 Å². The first-order valence-corrected chi connectivity index (χ1v) is 6.71. The largest absolute Gasteiger partial charge is 0.478 e. The Morgan fingerprint density at radius 1 is 1.29 bits per heavy atom. The summed E-state index contributed by atoms with van der Waals surface area (Å²) in [6.07, 6.45) is 0. The first kappa shape index (κ1) is 14.0. The zero-order chi connectivity index (χ0) is 13.4. The SMILES string of the molecule is CC(C)(C)S(=O)(=O)c1ccc(C(=O)O)c(Cl)c1. The van der Waals surface area contributed by atoms with Crippen molar-refractivity contribution in [1.82, 2.24) is 0 Å². The second-order valence-electron chi connectivity index (χ2n) is 4.56. The van der Waals surface area contributed by atoms with Crippen molar-refractivity contribution in [2.24, 2.45) is 0 Å². The first-order chi connectivity index (χ1) is 7.57. The minimum absolute atomic E-state index is 0.0278. The van der Waals surface area contributed by atoms with Crippen LogP contribution in [0, 0.1) is 0 Å². The molecule has 0 unspecified atom stereocenters. The fourth-order valence-electron chi connectivity index (χ4n) is 1.19. The van der Waals surface area contributed by atoms with Gasteiger partial charge in [-0.3, -0.25) is 0 Å². The van der Waals surface area contributed by atoms with Crippen molar-refractivity contribution >= 4 is 27.4 Å². The van der Waals surface area contributed by atoms with E-state index in [4.69, 9.17) is 16.7 Å². The van der Waals surface area contributed by atoms with E-state index >= 15 is 0 Å². The predicted octanol–water partition coefficient (Wildman–Crippen LogP) is 2.61. The molecule has 0 bridgehead atoms. The minimum atomic E-state index is -3.52. The van der Waals surface area contributed by atoms with Crippen LogP contribution in [0.5, 0.6) is 0 Å². The van der Waals surface area contributed by atoms with Crippen molar-refractivity contribution < 1.29 is 18.3 Å². The Morgan fingerprint density at radius 3 is 2.18 bits per heavy atom. The highest BCUT2D eigenvalue weighted by Crippen LogP contribution is 2.28. The third-order valence-electron chi connectivity index (χ3n) is 2.29. The Morgan fingerprint density at radius 2 is 1.82 bits per heavy atom. The Kier molecular flexibility index (Phi) is 3.55. The number of halogens is 1. The van der Waals surface area contributed by atoms with Gasteiger partial charge in [0, 0.05) is 0 Å². The molecule has 0 spiro atoms. The summed E-state index contributed by atoms with van der Waals surface area (Å²) in [5, 5.41) is 8.70. The monoisotopic (exact) mass is 276 g/mol. The van der Waals surface area contributed by atoms with Gasteiger partial charge in [-0.1, -0.05) is 11.6 Å². The van der Waals surface area contributed by atoms with Gasteiger partial charge in [-0.05, 0) is 39.0 Å². The van der Waals surface area contributed by atoms with Gasteiger partial charge in [-0.2, -0.15) is 0 Å². The van der Waals surface area contributed by atoms with Crippen LogP contribution in [0.1, 0.15) is 31.1 Å². The number of sulfone groups is 1. The van der Waals surface area contributed by atoms with Crippen LogP contribution in [0.4, 0.5) is 0 Å². The minimum Gasteiger partial charge on any atom is -0.478 e. The maximum atomic E-state index is 12.1. The van der Waals surface area contributed by atoms with Crippen molar-refractivity contribution in [2.75, 3.05) is 0 Å². The van der Waals surface area contributed by atoms with Crippen molar-refractivity contribution in [3.63, 3.8) is 0 Å². The highest BCUT2D eigenvalue weighted by Gasteiger charge is 2.31. The summed E-state index contributed by atoms with van der Waals surface area (Å²) in [5.74, 6) is -1.19. The lowest BCUT2D eigenvalue weighted by atomic mass is 10.2. The van der Waals surface area contributed by atoms with E-state index in [1.807, 2.05) is 0 Å². The molecule has 0 aliphatic rings. The summed E-state index contributed by atoms with van der Waals surface area (Å²) < 4.78 is 23.2. The van der Waals surface area contributed by atoms with Gasteiger partial charge in [-0.25, -0.2) is 13.2 Å². The van der Waals surface area contributed by atoms with Crippen LogP contribution >= 0.6 is 11.6 Å². The normalized spacial score (nSPS) is 12.5. The highest BCUT2D eigenvalue weighted by atomic mass is 35.5. The molecule has 0 fully saturated rings. The third-order valence-corrected chi connectivity index (χ3v) is 5.09. The lowest BCUT2D eigenvalue weighted by molar-refractivity contribution is 0.0697. The molecule has 0 saturated heterocycles. The molecule has 0 amide bonds. The van der Waals surface area contributed by atoms with Crippen LogP contribution in [-0.2, 0) is 9.84 Å². The Hall–Kier alpha value is -1.07. The molecule has 1 aromatic carbocycles. The molecule has 17 heavy (non-hydrogen) atoms. The molecule has 94 valence electrons. The van der Waals surface area contributed by atoms with Crippen molar-refractivity contribution in [2.45, 2.75) is 30.4 Å². The average Bonchev–Trinajstić information content (AvgIpc) is 2.14. The van der Waals surface area contributed by atoms with E-state index < -0.39 is 20.6 Å². The zero-order valence-electron chi connectivity index (χ0n) is 9.69. The van der Waals surface area contributed by atoms with Gasteiger partial charge in [0.2, 0.25) is 0 Å². The summed E-state index contributed by atoms with van der Waals surface area (Å²) in [5.41, 5.74) is -0.112. The van der Waals surface area contributed by atoms with E-state index in [2.05, 4.69) is 0 Å². The fourth-order valence-corrected chi connectivity index (χ4v) is 2.74. The second-order valence-corrected chi connectivity index (χ2v) is 7.67. The van der Waals surface area contributed by atoms with Gasteiger partial charge in [0.1, 0.15) is 0 Å². The molecule has 0 saturated carbocycles. The van der Waals surface area contributed by atoms with E-state index in [-0.39, 0.29) is 15.5 Å². The molecule has 4 nitrogen and oxygen atoms in total. The van der Waals surface area contributed by atoms with Crippen molar-refractivity contribution in [3.8, 4) is 0 Å². The van der Waals surface area contributed by atoms with Gasteiger partial charge in [0.05, 0.1) is 20.2 Å². The van der Waals surface area contributed by atoms with Gasteiger partial charge < -0.3 is 5.11 Å². The lowest BCUT2D eigenvalue weighted by Gasteiger charge is -2.19. The summed E-state index contributed by atoms with van der Waals surface area (Å²) >= 11 is 5.74. The standard InChI is InChI=1S/C11H13ClO4S/c1-11(2,3)17(15,16)7-4-5-8(10(13)14)9(12)6-7/h4-6H,1-3H3,(H,13,14). The molecule has 0 aromatic heterocycles. The smallest absolute Gasteiger partial charge is 0.337 e. The molecular weight excluding hydrogens is 264 g/mol. The Balaban J connectivity index is 3.39. The number of carboxylic acid groups (broad SMARTS) is 1. The molecule has 6 heteroatoms. The van der Waals surface area contributed by atoms with Gasteiger partial charge >= 0.3 is 5.97 Å². The number of hydrogen-bond acceptors (Lipinski definition) is 3. The van der Waals surface area contributed by atoms with Crippen molar-refractivity contribution in [3.05, 3.63) is 28.8 Å². The molecule has 0 aliphatic heterocycles. The third kappa shape index (κ3) is 2.61. The quantitative estimate of drug-likeness (QED) is 0.901. The number of benzene rings is 1.